The summed E-state index contributed by atoms with van der Waals surface area (Å²) in [5.41, 5.74) is 1.76. The minimum absolute atomic E-state index is 0.0167. The average molecular weight is 366 g/mol. The predicted octanol–water partition coefficient (Wildman–Crippen LogP) is 4.85. The van der Waals surface area contributed by atoms with Crippen molar-refractivity contribution in [2.45, 2.75) is 18.8 Å². The monoisotopic (exact) mass is 366 g/mol. The minimum Gasteiger partial charge on any atom is -0.339 e. The highest BCUT2D eigenvalue weighted by molar-refractivity contribution is 7.18. The van der Waals surface area contributed by atoms with Crippen molar-refractivity contribution in [2.75, 3.05) is 13.1 Å². The lowest BCUT2D eigenvalue weighted by molar-refractivity contribution is -0.126. The molecule has 26 heavy (non-hydrogen) atoms. The number of carbonyl (C=O) groups is 1. The zero-order valence-corrected chi connectivity index (χ0v) is 15.1. The molecule has 0 saturated carbocycles. The summed E-state index contributed by atoms with van der Waals surface area (Å²) in [4.78, 5) is 19.0. The number of hydrogen-bond acceptors (Lipinski definition) is 3. The Balaban J connectivity index is 1.37. The quantitative estimate of drug-likeness (QED) is 0.621. The van der Waals surface area contributed by atoms with E-state index in [9.17, 15) is 9.18 Å². The number of likely N-dealkylation sites (tertiary alicyclic amines) is 1. The van der Waals surface area contributed by atoms with Gasteiger partial charge < -0.3 is 4.90 Å². The third-order valence-electron chi connectivity index (χ3n) is 4.73. The van der Waals surface area contributed by atoms with Crippen LogP contribution in [0, 0.1) is 5.82 Å². The number of fused-ring (bicyclic) bond motifs is 1. The van der Waals surface area contributed by atoms with Gasteiger partial charge in [0.1, 0.15) is 5.82 Å². The molecule has 5 heteroatoms. The number of nitrogens with zero attached hydrogens (tertiary/aromatic N) is 2. The van der Waals surface area contributed by atoms with Crippen LogP contribution in [0.4, 0.5) is 4.39 Å². The average Bonchev–Trinajstić information content (AvgIpc) is 3.10. The van der Waals surface area contributed by atoms with Crippen LogP contribution in [0.3, 0.4) is 0 Å². The second-order valence-corrected chi connectivity index (χ2v) is 7.57. The van der Waals surface area contributed by atoms with Gasteiger partial charge in [-0.3, -0.25) is 4.79 Å². The van der Waals surface area contributed by atoms with Gasteiger partial charge in [0.15, 0.2) is 0 Å². The van der Waals surface area contributed by atoms with Crippen molar-refractivity contribution in [3.8, 4) is 0 Å². The van der Waals surface area contributed by atoms with E-state index in [0.717, 1.165) is 31.4 Å². The number of piperidine rings is 1. The molecule has 4 rings (SSSR count). The number of carbonyl (C=O) groups excluding carboxylic acids is 1. The fraction of sp³-hybridized carbons (Fsp3) is 0.238. The van der Waals surface area contributed by atoms with Crippen molar-refractivity contribution in [2.24, 2.45) is 0 Å². The van der Waals surface area contributed by atoms with E-state index < -0.39 is 0 Å². The van der Waals surface area contributed by atoms with Crippen molar-refractivity contribution in [3.05, 3.63) is 71.0 Å². The molecule has 0 atom stereocenters. The molecule has 3 nitrogen and oxygen atoms in total. The number of para-hydroxylation sites is 1. The van der Waals surface area contributed by atoms with Crippen LogP contribution >= 0.6 is 11.3 Å². The zero-order valence-electron chi connectivity index (χ0n) is 14.3. The maximum Gasteiger partial charge on any atom is 0.246 e. The third-order valence-corrected chi connectivity index (χ3v) is 5.93. The summed E-state index contributed by atoms with van der Waals surface area (Å²) in [7, 11) is 0. The van der Waals surface area contributed by atoms with E-state index in [2.05, 4.69) is 6.07 Å². The van der Waals surface area contributed by atoms with E-state index in [1.807, 2.05) is 23.1 Å². The summed E-state index contributed by atoms with van der Waals surface area (Å²) in [5.74, 6) is 0.108. The van der Waals surface area contributed by atoms with E-state index in [1.54, 1.807) is 29.5 Å². The molecule has 1 saturated heterocycles. The van der Waals surface area contributed by atoms with Crippen molar-refractivity contribution < 1.29 is 9.18 Å². The lowest BCUT2D eigenvalue weighted by Crippen LogP contribution is -2.36. The molecule has 0 N–H and O–H groups in total. The maximum atomic E-state index is 13.2. The lowest BCUT2D eigenvalue weighted by atomic mass is 9.97. The van der Waals surface area contributed by atoms with Gasteiger partial charge in [-0.2, -0.15) is 0 Å². The number of benzene rings is 2. The molecule has 0 aliphatic carbocycles. The van der Waals surface area contributed by atoms with Gasteiger partial charge in [-0.15, -0.1) is 11.3 Å². The van der Waals surface area contributed by atoms with Crippen molar-refractivity contribution in [1.29, 1.82) is 0 Å². The first kappa shape index (κ1) is 16.9. The SMILES string of the molecule is O=C(/C=C/c1cccc(F)c1)N1CCC(c2nc3ccccc3s2)CC1. The Morgan fingerprint density at radius 3 is 2.73 bits per heavy atom. The molecule has 0 radical (unpaired) electrons. The van der Waals surface area contributed by atoms with Gasteiger partial charge in [0, 0.05) is 25.1 Å². The molecule has 0 unspecified atom stereocenters. The Hall–Kier alpha value is -2.53. The highest BCUT2D eigenvalue weighted by Crippen LogP contribution is 2.33. The molecule has 0 spiro atoms. The lowest BCUT2D eigenvalue weighted by Gasteiger charge is -2.30. The van der Waals surface area contributed by atoms with Gasteiger partial charge in [-0.1, -0.05) is 24.3 Å². The van der Waals surface area contributed by atoms with Crippen LogP contribution in [0.15, 0.2) is 54.6 Å². The zero-order chi connectivity index (χ0) is 17.9. The van der Waals surface area contributed by atoms with Crippen molar-refractivity contribution in [3.63, 3.8) is 0 Å². The van der Waals surface area contributed by atoms with Crippen LogP contribution in [0.1, 0.15) is 29.3 Å². The Morgan fingerprint density at radius 1 is 1.15 bits per heavy atom. The highest BCUT2D eigenvalue weighted by atomic mass is 32.1. The number of amides is 1. The van der Waals surface area contributed by atoms with Gasteiger partial charge in [-0.25, -0.2) is 9.37 Å². The molecule has 0 bridgehead atoms. The van der Waals surface area contributed by atoms with E-state index in [-0.39, 0.29) is 11.7 Å². The molecular weight excluding hydrogens is 347 g/mol. The van der Waals surface area contributed by atoms with E-state index in [0.29, 0.717) is 11.5 Å². The summed E-state index contributed by atoms with van der Waals surface area (Å²) in [6.45, 7) is 1.46. The topological polar surface area (TPSA) is 33.2 Å². The molecule has 1 amide bonds. The molecule has 1 aliphatic heterocycles. The Kier molecular flexibility index (Phi) is 4.80. The number of rotatable bonds is 3. The first-order valence-electron chi connectivity index (χ1n) is 8.77. The van der Waals surface area contributed by atoms with Crippen molar-refractivity contribution in [1.82, 2.24) is 9.88 Å². The smallest absolute Gasteiger partial charge is 0.246 e. The summed E-state index contributed by atoms with van der Waals surface area (Å²) in [6, 6.07) is 14.4. The number of halogens is 1. The number of thiazole rings is 1. The molecule has 132 valence electrons. The molecule has 1 aliphatic rings. The Morgan fingerprint density at radius 2 is 1.96 bits per heavy atom. The second kappa shape index (κ2) is 7.38. The summed E-state index contributed by atoms with van der Waals surface area (Å²) >= 11 is 1.76. The number of aromatic nitrogens is 1. The Labute approximate surface area is 155 Å². The molecule has 3 aromatic rings. The normalized spacial score (nSPS) is 15.8. The van der Waals surface area contributed by atoms with Crippen LogP contribution in [0.5, 0.6) is 0 Å². The predicted molar refractivity (Wildman–Crippen MR) is 104 cm³/mol. The molecule has 1 fully saturated rings. The first-order chi connectivity index (χ1) is 12.7. The highest BCUT2D eigenvalue weighted by Gasteiger charge is 2.24. The van der Waals surface area contributed by atoms with Gasteiger partial charge in [-0.05, 0) is 48.7 Å². The van der Waals surface area contributed by atoms with Crippen LogP contribution in [0.2, 0.25) is 0 Å². The molecule has 2 heterocycles. The van der Waals surface area contributed by atoms with Crippen LogP contribution in [0.25, 0.3) is 16.3 Å². The van der Waals surface area contributed by atoms with E-state index in [1.165, 1.54) is 27.9 Å². The summed E-state index contributed by atoms with van der Waals surface area (Å²) in [6.07, 6.45) is 5.07. The largest absolute Gasteiger partial charge is 0.339 e. The third kappa shape index (κ3) is 3.68. The molecular formula is C21H19FN2OS. The van der Waals surface area contributed by atoms with E-state index >= 15 is 0 Å². The van der Waals surface area contributed by atoms with Crippen LogP contribution < -0.4 is 0 Å². The van der Waals surface area contributed by atoms with Crippen LogP contribution in [-0.4, -0.2) is 28.9 Å². The van der Waals surface area contributed by atoms with Gasteiger partial charge in [0.2, 0.25) is 5.91 Å². The van der Waals surface area contributed by atoms with Gasteiger partial charge >= 0.3 is 0 Å². The summed E-state index contributed by atoms with van der Waals surface area (Å²) in [5, 5.41) is 1.17. The van der Waals surface area contributed by atoms with Gasteiger partial charge in [0.25, 0.3) is 0 Å². The summed E-state index contributed by atoms with van der Waals surface area (Å²) < 4.78 is 14.4. The molecule has 1 aromatic heterocycles. The Bertz CT molecular complexity index is 924. The van der Waals surface area contributed by atoms with Crippen LogP contribution in [-0.2, 0) is 4.79 Å². The first-order valence-corrected chi connectivity index (χ1v) is 9.59. The standard InChI is InChI=1S/C21H19FN2OS/c22-17-5-3-4-15(14-17)8-9-20(25)24-12-10-16(11-13-24)21-23-18-6-1-2-7-19(18)26-21/h1-9,14,16H,10-13H2/b9-8+. The fourth-order valence-corrected chi connectivity index (χ4v) is 4.43. The maximum absolute atomic E-state index is 13.2. The number of hydrogen-bond donors (Lipinski definition) is 0. The fourth-order valence-electron chi connectivity index (χ4n) is 3.29. The van der Waals surface area contributed by atoms with Crippen molar-refractivity contribution >= 4 is 33.5 Å². The van der Waals surface area contributed by atoms with E-state index in [4.69, 9.17) is 4.98 Å². The second-order valence-electron chi connectivity index (χ2n) is 6.51. The minimum atomic E-state index is -0.295. The van der Waals surface area contributed by atoms with Gasteiger partial charge in [0.05, 0.1) is 15.2 Å². The molecule has 2 aromatic carbocycles.